The Labute approximate surface area is 578 Å². The van der Waals surface area contributed by atoms with Crippen LogP contribution in [0.4, 0.5) is 0 Å². The highest BCUT2D eigenvalue weighted by Crippen LogP contribution is 2.21. The van der Waals surface area contributed by atoms with E-state index in [1.54, 1.807) is 0 Å². The molecule has 2 unspecified atom stereocenters. The van der Waals surface area contributed by atoms with Crippen LogP contribution in [0.1, 0.15) is 515 Å². The van der Waals surface area contributed by atoms with Crippen molar-refractivity contribution in [1.82, 2.24) is 5.32 Å². The fraction of sp³-hybridized carbons (Fsp3) is 0.977. The van der Waals surface area contributed by atoms with Gasteiger partial charge in [0, 0.05) is 12.8 Å². The van der Waals surface area contributed by atoms with Crippen LogP contribution in [0.5, 0.6) is 0 Å². The lowest BCUT2D eigenvalue weighted by Gasteiger charge is -2.22. The van der Waals surface area contributed by atoms with Gasteiger partial charge in [-0.15, -0.1) is 0 Å². The highest BCUT2D eigenvalue weighted by molar-refractivity contribution is 5.76. The topological polar surface area (TPSA) is 95.9 Å². The molecule has 0 fully saturated rings. The fourth-order valence-corrected chi connectivity index (χ4v) is 14.4. The summed E-state index contributed by atoms with van der Waals surface area (Å²) in [6, 6.07) is -0.537. The molecule has 0 aromatic rings. The molecule has 3 N–H and O–H groups in total. The molecule has 6 nitrogen and oxygen atoms in total. The van der Waals surface area contributed by atoms with Crippen molar-refractivity contribution >= 4 is 11.9 Å². The largest absolute Gasteiger partial charge is 0.466 e. The number of hydrogen-bond donors (Lipinski definition) is 3. The summed E-state index contributed by atoms with van der Waals surface area (Å²) in [5.74, 6) is 0.00599. The molecule has 0 aromatic heterocycles. The molecule has 0 aliphatic rings. The summed E-state index contributed by atoms with van der Waals surface area (Å²) in [5.41, 5.74) is 0. The van der Waals surface area contributed by atoms with E-state index in [0.29, 0.717) is 25.9 Å². The number of hydrogen-bond acceptors (Lipinski definition) is 5. The van der Waals surface area contributed by atoms with Crippen LogP contribution in [0.15, 0.2) is 0 Å². The molecule has 0 spiro atoms. The maximum Gasteiger partial charge on any atom is 0.305 e. The lowest BCUT2D eigenvalue weighted by molar-refractivity contribution is -0.143. The van der Waals surface area contributed by atoms with Gasteiger partial charge in [0.15, 0.2) is 0 Å². The molecule has 0 aromatic carbocycles. The van der Waals surface area contributed by atoms with E-state index in [0.717, 1.165) is 38.5 Å². The Morgan fingerprint density at radius 2 is 0.446 bits per heavy atom. The van der Waals surface area contributed by atoms with Crippen LogP contribution in [0.3, 0.4) is 0 Å². The maximum atomic E-state index is 12.6. The Hall–Kier alpha value is -1.14. The molecule has 0 rings (SSSR count). The highest BCUT2D eigenvalue weighted by Gasteiger charge is 2.20. The SMILES string of the molecule is CCCCCCCCCCCCCCCCCCCCCCCC(O)C(CO)NC(=O)CCCCCCCCCCCCCCCCCCCCCCCCCCCCCCCCCCCCCOC(=O)CCCCCCCCCCCCCCCCCCCCC. The van der Waals surface area contributed by atoms with Crippen LogP contribution in [0, 0.1) is 0 Å². The van der Waals surface area contributed by atoms with E-state index in [4.69, 9.17) is 4.74 Å². The first-order valence-corrected chi connectivity index (χ1v) is 43.3. The Bertz CT molecular complexity index is 1360. The molecule has 6 heteroatoms. The van der Waals surface area contributed by atoms with Crippen molar-refractivity contribution in [2.45, 2.75) is 527 Å². The van der Waals surface area contributed by atoms with E-state index >= 15 is 0 Å². The van der Waals surface area contributed by atoms with E-state index in [-0.39, 0.29) is 18.5 Å². The number of rotatable bonds is 83. The summed E-state index contributed by atoms with van der Waals surface area (Å²) in [4.78, 5) is 24.7. The van der Waals surface area contributed by atoms with E-state index in [9.17, 15) is 19.8 Å². The zero-order valence-corrected chi connectivity index (χ0v) is 63.3. The average Bonchev–Trinajstić information content (AvgIpc) is 3.63. The summed E-state index contributed by atoms with van der Waals surface area (Å²) in [6.45, 7) is 5.03. The van der Waals surface area contributed by atoms with Crippen LogP contribution in [0.2, 0.25) is 0 Å². The summed E-state index contributed by atoms with van der Waals surface area (Å²) in [5, 5.41) is 23.5. The quantitative estimate of drug-likeness (QED) is 0.0417. The van der Waals surface area contributed by atoms with Gasteiger partial charge in [0.2, 0.25) is 5.91 Å². The van der Waals surface area contributed by atoms with Crippen LogP contribution < -0.4 is 5.32 Å². The van der Waals surface area contributed by atoms with Gasteiger partial charge in [0.1, 0.15) is 0 Å². The minimum atomic E-state index is -0.661. The highest BCUT2D eigenvalue weighted by atomic mass is 16.5. The second kappa shape index (κ2) is 82.3. The van der Waals surface area contributed by atoms with Gasteiger partial charge in [0.05, 0.1) is 25.4 Å². The number of aliphatic hydroxyl groups excluding tert-OH is 2. The van der Waals surface area contributed by atoms with Crippen molar-refractivity contribution in [3.05, 3.63) is 0 Å². The number of nitrogens with one attached hydrogen (secondary N) is 1. The molecule has 0 heterocycles. The smallest absolute Gasteiger partial charge is 0.305 e. The normalized spacial score (nSPS) is 12.3. The molecule has 0 saturated carbocycles. The van der Waals surface area contributed by atoms with Crippen molar-refractivity contribution in [3.63, 3.8) is 0 Å². The van der Waals surface area contributed by atoms with E-state index in [2.05, 4.69) is 19.2 Å². The number of esters is 1. The first-order valence-electron chi connectivity index (χ1n) is 43.3. The molecular formula is C86H171NO5. The molecule has 0 bridgehead atoms. The number of carbonyl (C=O) groups excluding carboxylic acids is 2. The molecule has 2 atom stereocenters. The summed E-state index contributed by atoms with van der Waals surface area (Å²) < 4.78 is 5.53. The van der Waals surface area contributed by atoms with Gasteiger partial charge in [0.25, 0.3) is 0 Å². The van der Waals surface area contributed by atoms with Gasteiger partial charge >= 0.3 is 5.97 Å². The predicted molar refractivity (Wildman–Crippen MR) is 407 cm³/mol. The standard InChI is InChI=1S/C86H171NO5/c1-3-5-7-9-11-13-15-17-19-21-23-39-43-46-50-54-58-62-66-70-74-78-84(89)83(82-88)87-85(90)79-75-71-67-63-59-55-51-47-44-40-37-35-33-31-29-27-25-24-26-28-30-32-34-36-38-41-45-49-53-57-61-65-69-73-77-81-92-86(91)80-76-72-68-64-60-56-52-48-42-22-20-18-16-14-12-10-8-6-4-2/h83-84,88-89H,3-82H2,1-2H3,(H,87,90). The number of amides is 1. The Balaban J connectivity index is 3.29. The Morgan fingerprint density at radius 1 is 0.261 bits per heavy atom. The van der Waals surface area contributed by atoms with Crippen LogP contribution in [-0.2, 0) is 14.3 Å². The molecule has 0 saturated heterocycles. The number of unbranched alkanes of at least 4 members (excludes halogenated alkanes) is 72. The molecule has 0 aliphatic heterocycles. The lowest BCUT2D eigenvalue weighted by Crippen LogP contribution is -2.45. The van der Waals surface area contributed by atoms with Crippen LogP contribution in [0.25, 0.3) is 0 Å². The summed E-state index contributed by atoms with van der Waals surface area (Å²) in [6.07, 6.45) is 104. The zero-order valence-electron chi connectivity index (χ0n) is 63.3. The van der Waals surface area contributed by atoms with Crippen molar-refractivity contribution in [2.75, 3.05) is 13.2 Å². The maximum absolute atomic E-state index is 12.6. The van der Waals surface area contributed by atoms with E-state index in [1.165, 1.54) is 443 Å². The Morgan fingerprint density at radius 3 is 0.663 bits per heavy atom. The first kappa shape index (κ1) is 90.9. The van der Waals surface area contributed by atoms with E-state index in [1.807, 2.05) is 0 Å². The fourth-order valence-electron chi connectivity index (χ4n) is 14.4. The molecular weight excluding hydrogens is 1130 g/mol. The van der Waals surface area contributed by atoms with Crippen LogP contribution in [-0.4, -0.2) is 47.4 Å². The van der Waals surface area contributed by atoms with E-state index < -0.39 is 12.1 Å². The number of carbonyl (C=O) groups is 2. The van der Waals surface area contributed by atoms with Crippen molar-refractivity contribution < 1.29 is 24.5 Å². The van der Waals surface area contributed by atoms with Gasteiger partial charge in [-0.3, -0.25) is 9.59 Å². The number of ether oxygens (including phenoxy) is 1. The average molecular weight is 1300 g/mol. The van der Waals surface area contributed by atoms with Gasteiger partial charge in [-0.05, 0) is 25.7 Å². The van der Waals surface area contributed by atoms with Gasteiger partial charge in [-0.1, -0.05) is 476 Å². The van der Waals surface area contributed by atoms with Gasteiger partial charge in [-0.25, -0.2) is 0 Å². The van der Waals surface area contributed by atoms with Crippen molar-refractivity contribution in [3.8, 4) is 0 Å². The third-order valence-corrected chi connectivity index (χ3v) is 20.9. The predicted octanol–water partition coefficient (Wildman–Crippen LogP) is 28.8. The first-order chi connectivity index (χ1) is 45.5. The monoisotopic (exact) mass is 1300 g/mol. The summed E-state index contributed by atoms with van der Waals surface area (Å²) in [7, 11) is 0. The lowest BCUT2D eigenvalue weighted by atomic mass is 10.0. The molecule has 550 valence electrons. The van der Waals surface area contributed by atoms with Gasteiger partial charge < -0.3 is 20.3 Å². The zero-order chi connectivity index (χ0) is 66.3. The third kappa shape index (κ3) is 77.9. The second-order valence-electron chi connectivity index (χ2n) is 30.2. The third-order valence-electron chi connectivity index (χ3n) is 20.9. The van der Waals surface area contributed by atoms with Crippen molar-refractivity contribution in [2.24, 2.45) is 0 Å². The Kier molecular flexibility index (Phi) is 81.3. The van der Waals surface area contributed by atoms with Crippen LogP contribution >= 0.6 is 0 Å². The van der Waals surface area contributed by atoms with Gasteiger partial charge in [-0.2, -0.15) is 0 Å². The molecule has 0 radical (unpaired) electrons. The molecule has 1 amide bonds. The number of aliphatic hydroxyl groups is 2. The summed E-state index contributed by atoms with van der Waals surface area (Å²) >= 11 is 0. The minimum Gasteiger partial charge on any atom is -0.466 e. The minimum absolute atomic E-state index is 0.0232. The molecule has 92 heavy (non-hydrogen) atoms. The molecule has 0 aliphatic carbocycles. The van der Waals surface area contributed by atoms with Crippen molar-refractivity contribution in [1.29, 1.82) is 0 Å². The second-order valence-corrected chi connectivity index (χ2v) is 30.2.